The molecule has 1 aliphatic rings. The number of benzene rings is 1. The van der Waals surface area contributed by atoms with Gasteiger partial charge in [0, 0.05) is 6.54 Å². The quantitative estimate of drug-likeness (QED) is 0.838. The lowest BCUT2D eigenvalue weighted by atomic mass is 10.2. The number of rotatable bonds is 4. The summed E-state index contributed by atoms with van der Waals surface area (Å²) in [6, 6.07) is 5.64. The molecule has 0 saturated carbocycles. The van der Waals surface area contributed by atoms with Crippen molar-refractivity contribution in [2.24, 2.45) is 0 Å². The van der Waals surface area contributed by atoms with E-state index in [1.807, 2.05) is 18.2 Å². The van der Waals surface area contributed by atoms with Crippen LogP contribution in [0.25, 0.3) is 0 Å². The Morgan fingerprint density at radius 1 is 1.19 bits per heavy atom. The third-order valence-corrected chi connectivity index (χ3v) is 2.68. The van der Waals surface area contributed by atoms with Crippen molar-refractivity contribution in [3.63, 3.8) is 0 Å². The molecular formula is C12H17NO3. The Morgan fingerprint density at radius 3 is 2.38 bits per heavy atom. The molecule has 0 radical (unpaired) electrons. The summed E-state index contributed by atoms with van der Waals surface area (Å²) in [5.41, 5.74) is 0. The first-order valence-corrected chi connectivity index (χ1v) is 5.43. The van der Waals surface area contributed by atoms with Gasteiger partial charge in [-0.1, -0.05) is 6.07 Å². The maximum atomic E-state index is 5.91. The molecule has 1 heterocycles. The average molecular weight is 223 g/mol. The third kappa shape index (κ3) is 2.22. The highest BCUT2D eigenvalue weighted by molar-refractivity contribution is 5.51. The van der Waals surface area contributed by atoms with E-state index in [2.05, 4.69) is 5.32 Å². The number of hydrogen-bond donors (Lipinski definition) is 1. The molecule has 1 saturated heterocycles. The molecule has 2 rings (SSSR count). The first kappa shape index (κ1) is 11.1. The molecule has 0 unspecified atom stereocenters. The van der Waals surface area contributed by atoms with Gasteiger partial charge in [0.2, 0.25) is 5.75 Å². The standard InChI is InChI=1S/C12H17NO3/c1-14-10-4-3-5-11(15-2)12(10)16-9-6-7-13-8-9/h3-5,9,13H,6-8H2,1-2H3/t9-/m0/s1. The number of methoxy groups -OCH3 is 2. The first-order valence-electron chi connectivity index (χ1n) is 5.43. The highest BCUT2D eigenvalue weighted by Gasteiger charge is 2.20. The second-order valence-electron chi connectivity index (χ2n) is 3.72. The lowest BCUT2D eigenvalue weighted by Crippen LogP contribution is -2.20. The van der Waals surface area contributed by atoms with Crippen LogP contribution in [0.3, 0.4) is 0 Å². The molecule has 16 heavy (non-hydrogen) atoms. The Kier molecular flexibility index (Phi) is 3.51. The van der Waals surface area contributed by atoms with Crippen LogP contribution in [0.1, 0.15) is 6.42 Å². The van der Waals surface area contributed by atoms with Gasteiger partial charge in [-0.05, 0) is 25.1 Å². The summed E-state index contributed by atoms with van der Waals surface area (Å²) < 4.78 is 16.5. The van der Waals surface area contributed by atoms with E-state index in [0.717, 1.165) is 19.5 Å². The van der Waals surface area contributed by atoms with Crippen LogP contribution in [0.15, 0.2) is 18.2 Å². The van der Waals surface area contributed by atoms with E-state index in [4.69, 9.17) is 14.2 Å². The second kappa shape index (κ2) is 5.07. The van der Waals surface area contributed by atoms with Crippen LogP contribution in [0, 0.1) is 0 Å². The molecule has 1 N–H and O–H groups in total. The number of para-hydroxylation sites is 1. The van der Waals surface area contributed by atoms with Gasteiger partial charge in [0.05, 0.1) is 14.2 Å². The first-order chi connectivity index (χ1) is 7.85. The zero-order chi connectivity index (χ0) is 11.4. The Bertz CT molecular complexity index is 326. The molecule has 0 amide bonds. The number of ether oxygens (including phenoxy) is 3. The molecule has 0 aromatic heterocycles. The minimum atomic E-state index is 0.199. The summed E-state index contributed by atoms with van der Waals surface area (Å²) in [5, 5.41) is 3.26. The van der Waals surface area contributed by atoms with Gasteiger partial charge < -0.3 is 19.5 Å². The van der Waals surface area contributed by atoms with Crippen LogP contribution in [0.5, 0.6) is 17.2 Å². The van der Waals surface area contributed by atoms with E-state index < -0.39 is 0 Å². The predicted octanol–water partition coefficient (Wildman–Crippen LogP) is 1.44. The van der Waals surface area contributed by atoms with Gasteiger partial charge in [0.25, 0.3) is 0 Å². The van der Waals surface area contributed by atoms with Crippen LogP contribution in [0.4, 0.5) is 0 Å². The lowest BCUT2D eigenvalue weighted by molar-refractivity contribution is 0.202. The lowest BCUT2D eigenvalue weighted by Gasteiger charge is -2.17. The van der Waals surface area contributed by atoms with Crippen molar-refractivity contribution in [3.8, 4) is 17.2 Å². The number of nitrogens with one attached hydrogen (secondary N) is 1. The van der Waals surface area contributed by atoms with Gasteiger partial charge in [0.1, 0.15) is 6.10 Å². The zero-order valence-corrected chi connectivity index (χ0v) is 9.66. The summed E-state index contributed by atoms with van der Waals surface area (Å²) in [7, 11) is 3.27. The minimum absolute atomic E-state index is 0.199. The Morgan fingerprint density at radius 2 is 1.88 bits per heavy atom. The predicted molar refractivity (Wildman–Crippen MR) is 61.4 cm³/mol. The molecule has 1 atom stereocenters. The molecule has 0 bridgehead atoms. The molecule has 1 fully saturated rings. The maximum Gasteiger partial charge on any atom is 0.203 e. The summed E-state index contributed by atoms with van der Waals surface area (Å²) >= 11 is 0. The maximum absolute atomic E-state index is 5.91. The van der Waals surface area contributed by atoms with E-state index >= 15 is 0 Å². The van der Waals surface area contributed by atoms with Crippen LogP contribution >= 0.6 is 0 Å². The van der Waals surface area contributed by atoms with Crippen molar-refractivity contribution >= 4 is 0 Å². The van der Waals surface area contributed by atoms with Crippen LogP contribution in [0.2, 0.25) is 0 Å². The largest absolute Gasteiger partial charge is 0.493 e. The van der Waals surface area contributed by atoms with Crippen molar-refractivity contribution in [3.05, 3.63) is 18.2 Å². The molecule has 0 spiro atoms. The molecule has 1 aliphatic heterocycles. The Hall–Kier alpha value is -1.42. The van der Waals surface area contributed by atoms with Gasteiger partial charge in [-0.25, -0.2) is 0 Å². The molecule has 1 aromatic rings. The molecule has 4 heteroatoms. The van der Waals surface area contributed by atoms with Crippen molar-refractivity contribution < 1.29 is 14.2 Å². The minimum Gasteiger partial charge on any atom is -0.493 e. The van der Waals surface area contributed by atoms with Crippen LogP contribution in [-0.4, -0.2) is 33.4 Å². The fraction of sp³-hybridized carbons (Fsp3) is 0.500. The van der Waals surface area contributed by atoms with E-state index in [1.165, 1.54) is 0 Å². The Balaban J connectivity index is 2.21. The Labute approximate surface area is 95.5 Å². The summed E-state index contributed by atoms with van der Waals surface area (Å²) in [5.74, 6) is 2.12. The van der Waals surface area contributed by atoms with Gasteiger partial charge in [-0.3, -0.25) is 0 Å². The SMILES string of the molecule is COc1cccc(OC)c1O[C@H]1CCNC1. The highest BCUT2D eigenvalue weighted by Crippen LogP contribution is 2.37. The molecule has 88 valence electrons. The van der Waals surface area contributed by atoms with E-state index in [9.17, 15) is 0 Å². The smallest absolute Gasteiger partial charge is 0.203 e. The van der Waals surface area contributed by atoms with Crippen molar-refractivity contribution in [2.45, 2.75) is 12.5 Å². The normalized spacial score (nSPS) is 19.5. The number of hydrogen-bond acceptors (Lipinski definition) is 4. The van der Waals surface area contributed by atoms with E-state index in [0.29, 0.717) is 17.2 Å². The molecule has 4 nitrogen and oxygen atoms in total. The highest BCUT2D eigenvalue weighted by atomic mass is 16.5. The fourth-order valence-corrected chi connectivity index (χ4v) is 1.83. The van der Waals surface area contributed by atoms with Crippen molar-refractivity contribution in [1.29, 1.82) is 0 Å². The van der Waals surface area contributed by atoms with Gasteiger partial charge in [-0.2, -0.15) is 0 Å². The monoisotopic (exact) mass is 223 g/mol. The molecule has 1 aromatic carbocycles. The van der Waals surface area contributed by atoms with Crippen molar-refractivity contribution in [2.75, 3.05) is 27.3 Å². The third-order valence-electron chi connectivity index (χ3n) is 2.68. The molecular weight excluding hydrogens is 206 g/mol. The van der Waals surface area contributed by atoms with Gasteiger partial charge >= 0.3 is 0 Å². The summed E-state index contributed by atoms with van der Waals surface area (Å²) in [6.07, 6.45) is 1.21. The van der Waals surface area contributed by atoms with E-state index in [1.54, 1.807) is 14.2 Å². The summed E-state index contributed by atoms with van der Waals surface area (Å²) in [4.78, 5) is 0. The van der Waals surface area contributed by atoms with Gasteiger partial charge in [-0.15, -0.1) is 0 Å². The fourth-order valence-electron chi connectivity index (χ4n) is 1.83. The van der Waals surface area contributed by atoms with Crippen LogP contribution in [-0.2, 0) is 0 Å². The summed E-state index contributed by atoms with van der Waals surface area (Å²) in [6.45, 7) is 1.88. The average Bonchev–Trinajstić information content (AvgIpc) is 2.82. The molecule has 0 aliphatic carbocycles. The topological polar surface area (TPSA) is 39.7 Å². The van der Waals surface area contributed by atoms with E-state index in [-0.39, 0.29) is 6.10 Å². The van der Waals surface area contributed by atoms with Gasteiger partial charge in [0.15, 0.2) is 11.5 Å². The van der Waals surface area contributed by atoms with Crippen LogP contribution < -0.4 is 19.5 Å². The second-order valence-corrected chi connectivity index (χ2v) is 3.72. The van der Waals surface area contributed by atoms with Crippen molar-refractivity contribution in [1.82, 2.24) is 5.32 Å². The zero-order valence-electron chi connectivity index (χ0n) is 9.66.